The summed E-state index contributed by atoms with van der Waals surface area (Å²) in [6, 6.07) is 0. The summed E-state index contributed by atoms with van der Waals surface area (Å²) < 4.78 is 36.6. The molecule has 1 atom stereocenters. The van der Waals surface area contributed by atoms with Crippen LogP contribution < -0.4 is 0 Å². The molecule has 5 nitrogen and oxygen atoms in total. The fourth-order valence-corrected chi connectivity index (χ4v) is 1.89. The van der Waals surface area contributed by atoms with E-state index in [4.69, 9.17) is 4.74 Å². The van der Waals surface area contributed by atoms with Gasteiger partial charge in [-0.25, -0.2) is 13.6 Å². The minimum absolute atomic E-state index is 0.114. The van der Waals surface area contributed by atoms with Gasteiger partial charge in [0.25, 0.3) is 5.92 Å². The Hall–Kier alpha value is -1.40. The molecule has 1 saturated heterocycles. The lowest BCUT2D eigenvalue weighted by Gasteiger charge is -2.37. The second-order valence-corrected chi connectivity index (χ2v) is 5.64. The second kappa shape index (κ2) is 5.30. The molecular formula is C12H19F2NO4. The zero-order valence-electron chi connectivity index (χ0n) is 11.5. The van der Waals surface area contributed by atoms with Gasteiger partial charge in [-0.05, 0) is 20.8 Å². The third-order valence-corrected chi connectivity index (χ3v) is 2.59. The fourth-order valence-electron chi connectivity index (χ4n) is 1.89. The predicted octanol–water partition coefficient (Wildman–Crippen LogP) is 2.05. The second-order valence-electron chi connectivity index (χ2n) is 5.64. The van der Waals surface area contributed by atoms with Gasteiger partial charge in [-0.3, -0.25) is 4.79 Å². The van der Waals surface area contributed by atoms with Crippen LogP contribution in [-0.4, -0.2) is 48.7 Å². The average Bonchev–Trinajstić information content (AvgIpc) is 2.23. The number of ether oxygens (including phenoxy) is 2. The highest BCUT2D eigenvalue weighted by Crippen LogP contribution is 2.31. The lowest BCUT2D eigenvalue weighted by atomic mass is 9.95. The first-order chi connectivity index (χ1) is 8.54. The Morgan fingerprint density at radius 1 is 1.32 bits per heavy atom. The number of likely N-dealkylation sites (tertiary alicyclic amines) is 1. The smallest absolute Gasteiger partial charge is 0.410 e. The SMILES string of the molecule is COC(=O)[C@@H]1CN(C(=O)OC(C)(C)C)CC(F)(F)C1. The van der Waals surface area contributed by atoms with Crippen LogP contribution in [0.5, 0.6) is 0 Å². The van der Waals surface area contributed by atoms with Crippen LogP contribution >= 0.6 is 0 Å². The number of hydrogen-bond donors (Lipinski definition) is 0. The molecule has 0 N–H and O–H groups in total. The predicted molar refractivity (Wildman–Crippen MR) is 62.9 cm³/mol. The molecule has 1 fully saturated rings. The van der Waals surface area contributed by atoms with Crippen molar-refractivity contribution >= 4 is 12.1 Å². The summed E-state index contributed by atoms with van der Waals surface area (Å²) in [5, 5.41) is 0. The lowest BCUT2D eigenvalue weighted by Crippen LogP contribution is -2.52. The van der Waals surface area contributed by atoms with Crippen molar-refractivity contribution in [1.82, 2.24) is 4.90 Å². The first-order valence-corrected chi connectivity index (χ1v) is 5.98. The number of halogens is 2. The molecule has 0 saturated carbocycles. The summed E-state index contributed by atoms with van der Waals surface area (Å²) in [5.41, 5.74) is -0.773. The Morgan fingerprint density at radius 3 is 2.37 bits per heavy atom. The highest BCUT2D eigenvalue weighted by atomic mass is 19.3. The Bertz CT molecular complexity index is 365. The molecule has 1 aliphatic rings. The van der Waals surface area contributed by atoms with Crippen molar-refractivity contribution in [3.8, 4) is 0 Å². The van der Waals surface area contributed by atoms with E-state index in [1.807, 2.05) is 0 Å². The number of methoxy groups -OCH3 is 1. The van der Waals surface area contributed by atoms with Crippen molar-refractivity contribution in [1.29, 1.82) is 0 Å². The van der Waals surface area contributed by atoms with Crippen LogP contribution in [0.4, 0.5) is 13.6 Å². The van der Waals surface area contributed by atoms with Gasteiger partial charge >= 0.3 is 12.1 Å². The number of hydrogen-bond acceptors (Lipinski definition) is 4. The number of carbonyl (C=O) groups excluding carboxylic acids is 2. The van der Waals surface area contributed by atoms with Gasteiger partial charge in [0.1, 0.15) is 5.60 Å². The van der Waals surface area contributed by atoms with Crippen molar-refractivity contribution in [2.45, 2.75) is 38.7 Å². The standard InChI is InChI=1S/C12H19F2NO4/c1-11(2,3)19-10(17)15-6-8(9(16)18-4)5-12(13,14)7-15/h8H,5-7H2,1-4H3/t8-/m0/s1. The molecule has 0 aromatic rings. The maximum Gasteiger partial charge on any atom is 0.410 e. The molecule has 0 aliphatic carbocycles. The molecule has 0 aromatic carbocycles. The third kappa shape index (κ3) is 4.65. The summed E-state index contributed by atoms with van der Waals surface area (Å²) in [5.74, 6) is -4.89. The molecule has 110 valence electrons. The molecule has 1 heterocycles. The van der Waals surface area contributed by atoms with E-state index in [0.29, 0.717) is 0 Å². The normalized spacial score (nSPS) is 22.8. The molecule has 1 amide bonds. The van der Waals surface area contributed by atoms with E-state index < -0.39 is 42.5 Å². The molecule has 7 heteroatoms. The van der Waals surface area contributed by atoms with Crippen LogP contribution in [0.25, 0.3) is 0 Å². The first kappa shape index (κ1) is 15.7. The van der Waals surface area contributed by atoms with E-state index in [0.717, 1.165) is 12.0 Å². The summed E-state index contributed by atoms with van der Waals surface area (Å²) in [6.45, 7) is 4.08. The number of piperidine rings is 1. The van der Waals surface area contributed by atoms with Crippen LogP contribution in [-0.2, 0) is 14.3 Å². The van der Waals surface area contributed by atoms with E-state index >= 15 is 0 Å². The topological polar surface area (TPSA) is 55.8 Å². The molecule has 0 spiro atoms. The Morgan fingerprint density at radius 2 is 1.89 bits per heavy atom. The molecule has 1 rings (SSSR count). The molecule has 0 unspecified atom stereocenters. The minimum Gasteiger partial charge on any atom is -0.469 e. The summed E-state index contributed by atoms with van der Waals surface area (Å²) in [6.07, 6.45) is -1.46. The number of alkyl halides is 2. The van der Waals surface area contributed by atoms with E-state index in [1.165, 1.54) is 0 Å². The highest BCUT2D eigenvalue weighted by Gasteiger charge is 2.45. The minimum atomic E-state index is -3.12. The summed E-state index contributed by atoms with van der Waals surface area (Å²) in [4.78, 5) is 24.0. The first-order valence-electron chi connectivity index (χ1n) is 5.98. The van der Waals surface area contributed by atoms with Gasteiger partial charge in [0.15, 0.2) is 0 Å². The van der Waals surface area contributed by atoms with Crippen molar-refractivity contribution in [2.75, 3.05) is 20.2 Å². The fraction of sp³-hybridized carbons (Fsp3) is 0.833. The van der Waals surface area contributed by atoms with Gasteiger partial charge in [0.2, 0.25) is 0 Å². The maximum absolute atomic E-state index is 13.5. The summed E-state index contributed by atoms with van der Waals surface area (Å²) in [7, 11) is 1.13. The van der Waals surface area contributed by atoms with Crippen molar-refractivity contribution < 1.29 is 27.8 Å². The van der Waals surface area contributed by atoms with Crippen LogP contribution in [0.2, 0.25) is 0 Å². The largest absolute Gasteiger partial charge is 0.469 e. The summed E-state index contributed by atoms with van der Waals surface area (Å²) >= 11 is 0. The van der Waals surface area contributed by atoms with E-state index in [1.54, 1.807) is 20.8 Å². The zero-order chi connectivity index (χ0) is 14.8. The van der Waals surface area contributed by atoms with Gasteiger partial charge in [-0.1, -0.05) is 0 Å². The lowest BCUT2D eigenvalue weighted by molar-refractivity contribution is -0.155. The average molecular weight is 279 g/mol. The van der Waals surface area contributed by atoms with Gasteiger partial charge in [-0.2, -0.15) is 0 Å². The number of esters is 1. The maximum atomic E-state index is 13.5. The number of carbonyl (C=O) groups is 2. The number of rotatable bonds is 1. The van der Waals surface area contributed by atoms with Gasteiger partial charge in [0, 0.05) is 13.0 Å². The van der Waals surface area contributed by atoms with Crippen LogP contribution in [0.15, 0.2) is 0 Å². The number of amides is 1. The highest BCUT2D eigenvalue weighted by molar-refractivity contribution is 5.75. The van der Waals surface area contributed by atoms with Crippen LogP contribution in [0.3, 0.4) is 0 Å². The molecule has 0 radical (unpaired) electrons. The van der Waals surface area contributed by atoms with Crippen molar-refractivity contribution in [3.63, 3.8) is 0 Å². The van der Waals surface area contributed by atoms with E-state index in [2.05, 4.69) is 4.74 Å². The molecule has 19 heavy (non-hydrogen) atoms. The Balaban J connectivity index is 2.78. The Labute approximate surface area is 110 Å². The number of nitrogens with zero attached hydrogens (tertiary/aromatic N) is 1. The Kier molecular flexibility index (Phi) is 4.37. The van der Waals surface area contributed by atoms with Crippen molar-refractivity contribution in [3.05, 3.63) is 0 Å². The molecule has 1 aliphatic heterocycles. The quantitative estimate of drug-likeness (QED) is 0.689. The molecular weight excluding hydrogens is 260 g/mol. The monoisotopic (exact) mass is 279 g/mol. The molecule has 0 bridgehead atoms. The van der Waals surface area contributed by atoms with Crippen molar-refractivity contribution in [2.24, 2.45) is 5.92 Å². The van der Waals surface area contributed by atoms with Crippen LogP contribution in [0, 0.1) is 5.92 Å². The van der Waals surface area contributed by atoms with E-state index in [-0.39, 0.29) is 6.54 Å². The van der Waals surface area contributed by atoms with Crippen LogP contribution in [0.1, 0.15) is 27.2 Å². The van der Waals surface area contributed by atoms with Gasteiger partial charge in [0.05, 0.1) is 19.6 Å². The zero-order valence-corrected chi connectivity index (χ0v) is 11.5. The van der Waals surface area contributed by atoms with Gasteiger partial charge in [-0.15, -0.1) is 0 Å². The molecule has 0 aromatic heterocycles. The van der Waals surface area contributed by atoms with E-state index in [9.17, 15) is 18.4 Å². The van der Waals surface area contributed by atoms with Gasteiger partial charge < -0.3 is 14.4 Å². The third-order valence-electron chi connectivity index (χ3n) is 2.59.